The van der Waals surface area contributed by atoms with Crippen LogP contribution in [0.5, 0.6) is 0 Å². The minimum Gasteiger partial charge on any atom is -0.357 e. The molecule has 5 nitrogen and oxygen atoms in total. The fourth-order valence-electron chi connectivity index (χ4n) is 2.60. The highest BCUT2D eigenvalue weighted by molar-refractivity contribution is 7.92. The highest BCUT2D eigenvalue weighted by Gasteiger charge is 2.16. The van der Waals surface area contributed by atoms with Crippen LogP contribution in [0.3, 0.4) is 0 Å². The Morgan fingerprint density at radius 3 is 2.52 bits per heavy atom. The van der Waals surface area contributed by atoms with Crippen molar-refractivity contribution in [3.63, 3.8) is 0 Å². The van der Waals surface area contributed by atoms with Gasteiger partial charge in [-0.25, -0.2) is 13.4 Å². The first-order valence-electron chi connectivity index (χ1n) is 7.54. The molecule has 0 bridgehead atoms. The maximum Gasteiger partial charge on any atom is 0.261 e. The number of benzene rings is 1. The standard InChI is InChI=1S/C16H18ClN3O2S/c17-13-5-4-6-15(11-13)23(21,22)19-14-7-8-16(18-12-14)20-9-2-1-3-10-20/h4-8,11-12,19H,1-3,9-10H2. The number of hydrogen-bond donors (Lipinski definition) is 1. The molecule has 0 aliphatic carbocycles. The first kappa shape index (κ1) is 16.1. The molecule has 7 heteroatoms. The Balaban J connectivity index is 1.75. The van der Waals surface area contributed by atoms with Crippen molar-refractivity contribution in [3.05, 3.63) is 47.6 Å². The third kappa shape index (κ3) is 3.95. The Bertz CT molecular complexity index is 772. The molecule has 1 aromatic heterocycles. The second-order valence-electron chi connectivity index (χ2n) is 5.52. The summed E-state index contributed by atoms with van der Waals surface area (Å²) in [6.45, 7) is 2.00. The number of anilines is 2. The normalized spacial score (nSPS) is 15.4. The molecule has 3 rings (SSSR count). The zero-order valence-corrected chi connectivity index (χ0v) is 14.1. The highest BCUT2D eigenvalue weighted by Crippen LogP contribution is 2.22. The number of halogens is 1. The lowest BCUT2D eigenvalue weighted by molar-refractivity contribution is 0.573. The van der Waals surface area contributed by atoms with Crippen LogP contribution >= 0.6 is 11.6 Å². The number of pyridine rings is 1. The number of piperidine rings is 1. The molecule has 0 amide bonds. The van der Waals surface area contributed by atoms with Crippen molar-refractivity contribution in [1.82, 2.24) is 4.98 Å². The molecule has 1 aliphatic rings. The molecular weight excluding hydrogens is 334 g/mol. The molecule has 0 unspecified atom stereocenters. The molecule has 1 aliphatic heterocycles. The van der Waals surface area contributed by atoms with Crippen LogP contribution in [0.15, 0.2) is 47.5 Å². The summed E-state index contributed by atoms with van der Waals surface area (Å²) < 4.78 is 27.2. The summed E-state index contributed by atoms with van der Waals surface area (Å²) in [6.07, 6.45) is 5.15. The van der Waals surface area contributed by atoms with Gasteiger partial charge in [0.1, 0.15) is 5.82 Å². The number of aromatic nitrogens is 1. The molecule has 0 spiro atoms. The molecule has 23 heavy (non-hydrogen) atoms. The molecule has 2 heterocycles. The van der Waals surface area contributed by atoms with E-state index in [2.05, 4.69) is 14.6 Å². The van der Waals surface area contributed by atoms with Gasteiger partial charge in [-0.05, 0) is 49.6 Å². The van der Waals surface area contributed by atoms with Crippen molar-refractivity contribution >= 4 is 33.1 Å². The largest absolute Gasteiger partial charge is 0.357 e. The van der Waals surface area contributed by atoms with Gasteiger partial charge in [-0.1, -0.05) is 17.7 Å². The predicted octanol–water partition coefficient (Wildman–Crippen LogP) is 3.53. The summed E-state index contributed by atoms with van der Waals surface area (Å²) in [4.78, 5) is 6.72. The van der Waals surface area contributed by atoms with Crippen molar-refractivity contribution < 1.29 is 8.42 Å². The lowest BCUT2D eigenvalue weighted by Crippen LogP contribution is -2.30. The van der Waals surface area contributed by atoms with E-state index in [1.54, 1.807) is 24.4 Å². The molecule has 122 valence electrons. The van der Waals surface area contributed by atoms with E-state index in [0.29, 0.717) is 10.7 Å². The van der Waals surface area contributed by atoms with Crippen molar-refractivity contribution in [3.8, 4) is 0 Å². The third-order valence-electron chi connectivity index (χ3n) is 3.79. The van der Waals surface area contributed by atoms with Gasteiger partial charge in [0.25, 0.3) is 10.0 Å². The average Bonchev–Trinajstić information content (AvgIpc) is 2.56. The van der Waals surface area contributed by atoms with Crippen molar-refractivity contribution in [1.29, 1.82) is 0 Å². The summed E-state index contributed by atoms with van der Waals surface area (Å²) in [5.41, 5.74) is 0.436. The van der Waals surface area contributed by atoms with Gasteiger partial charge in [0.05, 0.1) is 16.8 Å². The van der Waals surface area contributed by atoms with Gasteiger partial charge in [-0.15, -0.1) is 0 Å². The smallest absolute Gasteiger partial charge is 0.261 e. The monoisotopic (exact) mass is 351 g/mol. The van der Waals surface area contributed by atoms with E-state index in [9.17, 15) is 8.42 Å². The number of nitrogens with one attached hydrogen (secondary N) is 1. The van der Waals surface area contributed by atoms with Gasteiger partial charge < -0.3 is 4.90 Å². The summed E-state index contributed by atoms with van der Waals surface area (Å²) in [6, 6.07) is 9.74. The Kier molecular flexibility index (Phi) is 4.73. The van der Waals surface area contributed by atoms with Crippen LogP contribution in [0, 0.1) is 0 Å². The Hall–Kier alpha value is -1.79. The second kappa shape index (κ2) is 6.76. The van der Waals surface area contributed by atoms with E-state index in [0.717, 1.165) is 18.9 Å². The zero-order chi connectivity index (χ0) is 16.3. The number of sulfonamides is 1. The molecule has 0 atom stereocenters. The van der Waals surface area contributed by atoms with Crippen LogP contribution in [-0.4, -0.2) is 26.5 Å². The van der Waals surface area contributed by atoms with Crippen LogP contribution in [-0.2, 0) is 10.0 Å². The van der Waals surface area contributed by atoms with Gasteiger partial charge in [-0.2, -0.15) is 0 Å². The van der Waals surface area contributed by atoms with Crippen molar-refractivity contribution in [2.45, 2.75) is 24.2 Å². The van der Waals surface area contributed by atoms with E-state index in [1.807, 2.05) is 6.07 Å². The Labute approximate surface area is 141 Å². The minimum absolute atomic E-state index is 0.130. The second-order valence-corrected chi connectivity index (χ2v) is 7.63. The first-order valence-corrected chi connectivity index (χ1v) is 9.40. The predicted molar refractivity (Wildman–Crippen MR) is 92.6 cm³/mol. The van der Waals surface area contributed by atoms with Crippen LogP contribution < -0.4 is 9.62 Å². The van der Waals surface area contributed by atoms with E-state index >= 15 is 0 Å². The summed E-state index contributed by atoms with van der Waals surface area (Å²) in [5, 5.41) is 0.381. The average molecular weight is 352 g/mol. The number of rotatable bonds is 4. The minimum atomic E-state index is -3.66. The van der Waals surface area contributed by atoms with Gasteiger partial charge in [-0.3, -0.25) is 4.72 Å². The maximum atomic E-state index is 12.3. The maximum absolute atomic E-state index is 12.3. The molecule has 1 saturated heterocycles. The molecule has 2 aromatic rings. The third-order valence-corrected chi connectivity index (χ3v) is 5.40. The van der Waals surface area contributed by atoms with E-state index < -0.39 is 10.0 Å². The van der Waals surface area contributed by atoms with E-state index in [1.165, 1.54) is 31.4 Å². The van der Waals surface area contributed by atoms with Crippen molar-refractivity contribution in [2.75, 3.05) is 22.7 Å². The summed E-state index contributed by atoms with van der Waals surface area (Å²) in [7, 11) is -3.66. The lowest BCUT2D eigenvalue weighted by Gasteiger charge is -2.27. The molecule has 1 N–H and O–H groups in total. The fourth-order valence-corrected chi connectivity index (χ4v) is 3.95. The highest BCUT2D eigenvalue weighted by atomic mass is 35.5. The summed E-state index contributed by atoms with van der Waals surface area (Å²) in [5.74, 6) is 0.885. The number of nitrogens with zero attached hydrogens (tertiary/aromatic N) is 2. The number of hydrogen-bond acceptors (Lipinski definition) is 4. The Morgan fingerprint density at radius 1 is 1.09 bits per heavy atom. The van der Waals surface area contributed by atoms with Gasteiger partial charge in [0.15, 0.2) is 0 Å². The van der Waals surface area contributed by atoms with Gasteiger partial charge in [0, 0.05) is 18.1 Å². The molecule has 0 radical (unpaired) electrons. The van der Waals surface area contributed by atoms with Crippen LogP contribution in [0.25, 0.3) is 0 Å². The lowest BCUT2D eigenvalue weighted by atomic mass is 10.1. The van der Waals surface area contributed by atoms with Crippen LogP contribution in [0.2, 0.25) is 5.02 Å². The van der Waals surface area contributed by atoms with Crippen LogP contribution in [0.1, 0.15) is 19.3 Å². The van der Waals surface area contributed by atoms with Gasteiger partial charge in [0.2, 0.25) is 0 Å². The Morgan fingerprint density at radius 2 is 1.87 bits per heavy atom. The quantitative estimate of drug-likeness (QED) is 0.915. The van der Waals surface area contributed by atoms with E-state index in [-0.39, 0.29) is 4.90 Å². The van der Waals surface area contributed by atoms with E-state index in [4.69, 9.17) is 11.6 Å². The topological polar surface area (TPSA) is 62.3 Å². The SMILES string of the molecule is O=S(=O)(Nc1ccc(N2CCCCC2)nc1)c1cccc(Cl)c1. The van der Waals surface area contributed by atoms with Gasteiger partial charge >= 0.3 is 0 Å². The zero-order valence-electron chi connectivity index (χ0n) is 12.6. The summed E-state index contributed by atoms with van der Waals surface area (Å²) >= 11 is 5.85. The van der Waals surface area contributed by atoms with Crippen LogP contribution in [0.4, 0.5) is 11.5 Å². The fraction of sp³-hybridized carbons (Fsp3) is 0.312. The first-order chi connectivity index (χ1) is 11.0. The molecule has 1 fully saturated rings. The molecular formula is C16H18ClN3O2S. The van der Waals surface area contributed by atoms with Crippen molar-refractivity contribution in [2.24, 2.45) is 0 Å². The molecule has 0 saturated carbocycles. The molecule has 1 aromatic carbocycles.